The highest BCUT2D eigenvalue weighted by Gasteiger charge is 2.36. The van der Waals surface area contributed by atoms with Gasteiger partial charge in [-0.1, -0.05) is 13.3 Å². The van der Waals surface area contributed by atoms with Crippen molar-refractivity contribution in [3.05, 3.63) is 0 Å². The maximum absolute atomic E-state index is 5.87. The zero-order chi connectivity index (χ0) is 11.1. The zero-order valence-corrected chi connectivity index (χ0v) is 10.3. The second-order valence-electron chi connectivity index (χ2n) is 4.62. The summed E-state index contributed by atoms with van der Waals surface area (Å²) in [5.74, 6) is 0. The van der Waals surface area contributed by atoms with Gasteiger partial charge in [0.2, 0.25) is 0 Å². The Kier molecular flexibility index (Phi) is 5.58. The maximum Gasteiger partial charge on any atom is 0.0593 e. The van der Waals surface area contributed by atoms with E-state index in [-0.39, 0.29) is 0 Å². The first-order valence-corrected chi connectivity index (χ1v) is 6.26. The highest BCUT2D eigenvalue weighted by molar-refractivity contribution is 4.91. The highest BCUT2D eigenvalue weighted by Crippen LogP contribution is 2.40. The number of ether oxygens (including phenoxy) is 1. The minimum absolute atomic E-state index is 0.433. The third-order valence-corrected chi connectivity index (χ3v) is 3.61. The molecule has 1 aliphatic rings. The number of rotatable bonds is 8. The molecule has 0 unspecified atom stereocenters. The van der Waals surface area contributed by atoms with Crippen LogP contribution in [0, 0.1) is 5.41 Å². The number of hydrogen-bond acceptors (Lipinski definition) is 3. The summed E-state index contributed by atoms with van der Waals surface area (Å²) < 4.78 is 5.39. The molecule has 1 aliphatic carbocycles. The molecule has 3 nitrogen and oxygen atoms in total. The van der Waals surface area contributed by atoms with E-state index < -0.39 is 0 Å². The Balaban J connectivity index is 2.25. The van der Waals surface area contributed by atoms with E-state index in [2.05, 4.69) is 11.8 Å². The molecular formula is C12H26N2O. The van der Waals surface area contributed by atoms with Gasteiger partial charge in [0, 0.05) is 19.7 Å². The number of nitrogens with two attached hydrogens (primary N) is 1. The van der Waals surface area contributed by atoms with Crippen LogP contribution in [0.2, 0.25) is 0 Å². The maximum atomic E-state index is 5.87. The van der Waals surface area contributed by atoms with Crippen molar-refractivity contribution in [1.82, 2.24) is 4.90 Å². The Morgan fingerprint density at radius 3 is 2.47 bits per heavy atom. The molecule has 0 atom stereocenters. The first-order valence-electron chi connectivity index (χ1n) is 6.26. The average molecular weight is 214 g/mol. The summed E-state index contributed by atoms with van der Waals surface area (Å²) in [7, 11) is 0. The summed E-state index contributed by atoms with van der Waals surface area (Å²) in [6.45, 7) is 10.1. The smallest absolute Gasteiger partial charge is 0.0593 e. The Hall–Kier alpha value is -0.120. The minimum Gasteiger partial charge on any atom is -0.380 e. The van der Waals surface area contributed by atoms with Crippen molar-refractivity contribution in [3.8, 4) is 0 Å². The largest absolute Gasteiger partial charge is 0.380 e. The summed E-state index contributed by atoms with van der Waals surface area (Å²) in [6, 6.07) is 0. The fourth-order valence-electron chi connectivity index (χ4n) is 2.26. The van der Waals surface area contributed by atoms with Gasteiger partial charge in [-0.2, -0.15) is 0 Å². The Morgan fingerprint density at radius 1 is 1.33 bits per heavy atom. The molecular weight excluding hydrogens is 188 g/mol. The first-order chi connectivity index (χ1) is 7.26. The van der Waals surface area contributed by atoms with Crippen LogP contribution in [0.5, 0.6) is 0 Å². The molecule has 3 heteroatoms. The number of nitrogens with zero attached hydrogens (tertiary/aromatic N) is 1. The fourth-order valence-corrected chi connectivity index (χ4v) is 2.26. The van der Waals surface area contributed by atoms with E-state index in [9.17, 15) is 0 Å². The highest BCUT2D eigenvalue weighted by atomic mass is 16.5. The van der Waals surface area contributed by atoms with Gasteiger partial charge in [0.05, 0.1) is 6.61 Å². The lowest BCUT2D eigenvalue weighted by Gasteiger charge is -2.44. The van der Waals surface area contributed by atoms with Gasteiger partial charge in [-0.05, 0) is 38.3 Å². The van der Waals surface area contributed by atoms with Crippen LogP contribution in [0.3, 0.4) is 0 Å². The fraction of sp³-hybridized carbons (Fsp3) is 1.00. The van der Waals surface area contributed by atoms with Crippen LogP contribution in [-0.4, -0.2) is 44.3 Å². The molecule has 0 spiro atoms. The van der Waals surface area contributed by atoms with E-state index in [1.807, 2.05) is 6.92 Å². The van der Waals surface area contributed by atoms with Crippen LogP contribution < -0.4 is 5.73 Å². The van der Waals surface area contributed by atoms with E-state index in [1.54, 1.807) is 0 Å². The van der Waals surface area contributed by atoms with E-state index in [0.29, 0.717) is 5.41 Å². The van der Waals surface area contributed by atoms with Gasteiger partial charge in [-0.15, -0.1) is 0 Å². The molecule has 1 fully saturated rings. The normalized spacial score (nSPS) is 19.2. The molecule has 0 saturated heterocycles. The molecule has 1 saturated carbocycles. The van der Waals surface area contributed by atoms with Crippen LogP contribution in [0.1, 0.15) is 33.1 Å². The Labute approximate surface area is 94.0 Å². The average Bonchev–Trinajstić information content (AvgIpc) is 2.21. The van der Waals surface area contributed by atoms with Crippen LogP contribution in [0.15, 0.2) is 0 Å². The van der Waals surface area contributed by atoms with Gasteiger partial charge in [-0.25, -0.2) is 0 Å². The molecule has 0 radical (unpaired) electrons. The third-order valence-electron chi connectivity index (χ3n) is 3.61. The number of hydrogen-bond donors (Lipinski definition) is 1. The summed E-state index contributed by atoms with van der Waals surface area (Å²) in [5.41, 5.74) is 6.30. The van der Waals surface area contributed by atoms with E-state index in [4.69, 9.17) is 10.5 Å². The second kappa shape index (κ2) is 6.46. The van der Waals surface area contributed by atoms with Crippen LogP contribution in [0.4, 0.5) is 0 Å². The van der Waals surface area contributed by atoms with Crippen molar-refractivity contribution in [1.29, 1.82) is 0 Å². The van der Waals surface area contributed by atoms with Crippen molar-refractivity contribution in [2.75, 3.05) is 39.4 Å². The van der Waals surface area contributed by atoms with Crippen molar-refractivity contribution in [2.45, 2.75) is 33.1 Å². The standard InChI is InChI=1S/C12H26N2O/c1-3-14(8-9-15-4-2)11-12(10-13)6-5-7-12/h3-11,13H2,1-2H3. The molecule has 0 aromatic heterocycles. The summed E-state index contributed by atoms with van der Waals surface area (Å²) in [6.07, 6.45) is 3.99. The quantitative estimate of drug-likeness (QED) is 0.622. The molecule has 0 bridgehead atoms. The molecule has 0 amide bonds. The van der Waals surface area contributed by atoms with Crippen molar-refractivity contribution in [3.63, 3.8) is 0 Å². The van der Waals surface area contributed by atoms with Crippen LogP contribution in [0.25, 0.3) is 0 Å². The van der Waals surface area contributed by atoms with Gasteiger partial charge in [0.15, 0.2) is 0 Å². The molecule has 90 valence electrons. The van der Waals surface area contributed by atoms with Crippen molar-refractivity contribution >= 4 is 0 Å². The lowest BCUT2D eigenvalue weighted by Crippen LogP contribution is -2.47. The lowest BCUT2D eigenvalue weighted by molar-refractivity contribution is 0.0535. The van der Waals surface area contributed by atoms with Crippen LogP contribution in [-0.2, 0) is 4.74 Å². The second-order valence-corrected chi connectivity index (χ2v) is 4.62. The molecule has 2 N–H and O–H groups in total. The zero-order valence-electron chi connectivity index (χ0n) is 10.3. The predicted octanol–water partition coefficient (Wildman–Crippen LogP) is 1.47. The predicted molar refractivity (Wildman–Crippen MR) is 63.9 cm³/mol. The summed E-state index contributed by atoms with van der Waals surface area (Å²) in [4.78, 5) is 2.47. The lowest BCUT2D eigenvalue weighted by atomic mass is 9.68. The molecule has 0 heterocycles. The van der Waals surface area contributed by atoms with Gasteiger partial charge in [0.25, 0.3) is 0 Å². The Morgan fingerprint density at radius 2 is 2.07 bits per heavy atom. The van der Waals surface area contributed by atoms with E-state index in [1.165, 1.54) is 19.3 Å². The number of likely N-dealkylation sites (N-methyl/N-ethyl adjacent to an activating group) is 1. The monoisotopic (exact) mass is 214 g/mol. The topological polar surface area (TPSA) is 38.5 Å². The molecule has 0 aliphatic heterocycles. The van der Waals surface area contributed by atoms with Gasteiger partial charge < -0.3 is 15.4 Å². The van der Waals surface area contributed by atoms with Gasteiger partial charge in [0.1, 0.15) is 0 Å². The van der Waals surface area contributed by atoms with Crippen molar-refractivity contribution in [2.24, 2.45) is 11.1 Å². The molecule has 0 aromatic carbocycles. The third kappa shape index (κ3) is 3.74. The SMILES string of the molecule is CCOCCN(CC)CC1(CN)CCC1. The van der Waals surface area contributed by atoms with Crippen molar-refractivity contribution < 1.29 is 4.74 Å². The summed E-state index contributed by atoms with van der Waals surface area (Å²) >= 11 is 0. The van der Waals surface area contributed by atoms with Gasteiger partial charge >= 0.3 is 0 Å². The molecule has 1 rings (SSSR count). The first kappa shape index (κ1) is 12.9. The molecule has 15 heavy (non-hydrogen) atoms. The minimum atomic E-state index is 0.433. The van der Waals surface area contributed by atoms with E-state index in [0.717, 1.165) is 39.4 Å². The van der Waals surface area contributed by atoms with Crippen LogP contribution >= 0.6 is 0 Å². The molecule has 0 aromatic rings. The summed E-state index contributed by atoms with van der Waals surface area (Å²) in [5, 5.41) is 0. The van der Waals surface area contributed by atoms with E-state index >= 15 is 0 Å². The Bertz CT molecular complexity index is 163. The van der Waals surface area contributed by atoms with Gasteiger partial charge in [-0.3, -0.25) is 0 Å².